The molecule has 0 saturated heterocycles. The zero-order chi connectivity index (χ0) is 57.4. The first-order chi connectivity index (χ1) is 38.2. The van der Waals surface area contributed by atoms with Crippen LogP contribution in [0.4, 0.5) is 13.2 Å². The summed E-state index contributed by atoms with van der Waals surface area (Å²) in [5.74, 6) is -1.15. The fraction of sp³-hybridized carbons (Fsp3) is 0.323. The van der Waals surface area contributed by atoms with Gasteiger partial charge < -0.3 is 29.6 Å². The largest absolute Gasteiger partial charge is 0.489 e. The maximum Gasteiger partial charge on any atom is 0.340 e. The van der Waals surface area contributed by atoms with Crippen molar-refractivity contribution in [2.45, 2.75) is 112 Å². The molecule has 0 fully saturated rings. The molecule has 80 heavy (non-hydrogen) atoms. The van der Waals surface area contributed by atoms with Gasteiger partial charge in [0, 0.05) is 11.1 Å². The molecule has 0 spiro atoms. The Morgan fingerprint density at radius 3 is 1.23 bits per heavy atom. The Kier molecular flexibility index (Phi) is 18.2. The minimum atomic E-state index is -0.561. The van der Waals surface area contributed by atoms with Crippen LogP contribution >= 0.6 is 0 Å². The first-order valence-corrected chi connectivity index (χ1v) is 27.1. The summed E-state index contributed by atoms with van der Waals surface area (Å²) in [4.78, 5) is 63.4. The van der Waals surface area contributed by atoms with Crippen molar-refractivity contribution in [1.29, 1.82) is 0 Å². The molecule has 0 radical (unpaired) electrons. The van der Waals surface area contributed by atoms with Crippen LogP contribution in [-0.4, -0.2) is 52.5 Å². The summed E-state index contributed by atoms with van der Waals surface area (Å²) < 4.78 is 63.0. The van der Waals surface area contributed by atoms with Crippen LogP contribution in [0.1, 0.15) is 155 Å². The first kappa shape index (κ1) is 57.8. The maximum absolute atomic E-state index is 13.5. The number of ether oxygens (including phenoxy) is 4. The Morgan fingerprint density at radius 1 is 0.512 bits per heavy atom. The summed E-state index contributed by atoms with van der Waals surface area (Å²) in [6.07, 6.45) is 1.87. The van der Waals surface area contributed by atoms with Gasteiger partial charge in [0.1, 0.15) is 41.2 Å². The van der Waals surface area contributed by atoms with Gasteiger partial charge in [-0.05, 0) is 161 Å². The Labute approximate surface area is 465 Å². The van der Waals surface area contributed by atoms with E-state index >= 15 is 0 Å². The molecule has 0 bridgehead atoms. The van der Waals surface area contributed by atoms with Gasteiger partial charge in [-0.15, -0.1) is 0 Å². The van der Waals surface area contributed by atoms with Crippen molar-refractivity contribution in [3.8, 4) is 33.8 Å². The standard InChI is InChI=1S/C34H32F2N2O4.C31H35FN2O4/c1-4-41-34(40)29-27(18-9-21-5-12-24(35)13-6-21)37-32-30(33(39)38-31(32)20(2)3)28(29)23-10-16-26(17-11-23)42-19-22-7-14-25(36)15-8-22;1-7-37-30(36)25-23(17-10-19-8-13-21(32)14-9-19)33-28-26(29(35)34-27(28)18(2)3)24(25)20-11-15-22(16-12-20)38-31(4,5)6/h5-8,10-17,20,31H,4,9,18-19H2,1-3H3,(H,38,39);8-9,11-16,18,27H,7,10,17H2,1-6H3,(H,34,35). The number of amides is 2. The number of esters is 2. The summed E-state index contributed by atoms with van der Waals surface area (Å²) in [6, 6.07) is 32.5. The van der Waals surface area contributed by atoms with E-state index in [4.69, 9.17) is 28.9 Å². The number of aromatic nitrogens is 2. The number of nitrogens with zero attached hydrogens (tertiary/aromatic N) is 2. The minimum Gasteiger partial charge on any atom is -0.489 e. The lowest BCUT2D eigenvalue weighted by Crippen LogP contribution is -2.23. The molecule has 7 aromatic rings. The molecule has 2 N–H and O–H groups in total. The van der Waals surface area contributed by atoms with Crippen LogP contribution in [0.2, 0.25) is 0 Å². The number of benzene rings is 5. The van der Waals surface area contributed by atoms with E-state index in [1.54, 1.807) is 74.5 Å². The van der Waals surface area contributed by atoms with Crippen molar-refractivity contribution in [2.75, 3.05) is 13.2 Å². The fourth-order valence-electron chi connectivity index (χ4n) is 9.87. The lowest BCUT2D eigenvalue weighted by atomic mass is 9.89. The van der Waals surface area contributed by atoms with E-state index < -0.39 is 11.9 Å². The predicted molar refractivity (Wildman–Crippen MR) is 300 cm³/mol. The molecule has 2 aliphatic heterocycles. The molecule has 2 atom stereocenters. The number of halogens is 3. The molecular weight excluding hydrogens is 1020 g/mol. The van der Waals surface area contributed by atoms with Crippen molar-refractivity contribution in [3.05, 3.63) is 200 Å². The predicted octanol–water partition coefficient (Wildman–Crippen LogP) is 13.5. The molecule has 4 heterocycles. The normalized spacial score (nSPS) is 14.4. The summed E-state index contributed by atoms with van der Waals surface area (Å²) >= 11 is 0. The van der Waals surface area contributed by atoms with E-state index in [0.717, 1.165) is 16.7 Å². The van der Waals surface area contributed by atoms with Crippen molar-refractivity contribution in [2.24, 2.45) is 11.8 Å². The van der Waals surface area contributed by atoms with Crippen LogP contribution in [0, 0.1) is 29.3 Å². The first-order valence-electron chi connectivity index (χ1n) is 27.1. The second kappa shape index (κ2) is 25.2. The van der Waals surface area contributed by atoms with Gasteiger partial charge in [0.15, 0.2) is 0 Å². The number of hydrogen-bond donors (Lipinski definition) is 2. The zero-order valence-corrected chi connectivity index (χ0v) is 46.6. The molecule has 12 nitrogen and oxygen atoms in total. The van der Waals surface area contributed by atoms with Gasteiger partial charge in [0.05, 0.1) is 70.3 Å². The van der Waals surface area contributed by atoms with Gasteiger partial charge in [0.25, 0.3) is 11.8 Å². The molecule has 2 unspecified atom stereocenters. The summed E-state index contributed by atoms with van der Waals surface area (Å²) in [7, 11) is 0. The molecule has 5 aromatic carbocycles. The smallest absolute Gasteiger partial charge is 0.340 e. The van der Waals surface area contributed by atoms with E-state index in [0.29, 0.717) is 93.3 Å². The number of carbonyl (C=O) groups excluding carboxylic acids is 4. The van der Waals surface area contributed by atoms with Gasteiger partial charge >= 0.3 is 11.9 Å². The summed E-state index contributed by atoms with van der Waals surface area (Å²) in [6.45, 7) is 18.0. The molecule has 416 valence electrons. The highest BCUT2D eigenvalue weighted by Gasteiger charge is 2.40. The fourth-order valence-corrected chi connectivity index (χ4v) is 9.87. The van der Waals surface area contributed by atoms with E-state index in [1.165, 1.54) is 36.4 Å². The molecule has 15 heteroatoms. The number of rotatable bonds is 18. The highest BCUT2D eigenvalue weighted by Crippen LogP contribution is 2.42. The van der Waals surface area contributed by atoms with E-state index in [-0.39, 0.29) is 89.7 Å². The summed E-state index contributed by atoms with van der Waals surface area (Å²) in [5.41, 5.74) is 8.22. The van der Waals surface area contributed by atoms with Crippen LogP contribution in [0.25, 0.3) is 22.3 Å². The van der Waals surface area contributed by atoms with Gasteiger partial charge in [0.2, 0.25) is 0 Å². The molecular formula is C65H67F3N4O8. The van der Waals surface area contributed by atoms with Gasteiger partial charge in [-0.3, -0.25) is 19.6 Å². The average Bonchev–Trinajstić information content (AvgIpc) is 4.16. The maximum atomic E-state index is 13.5. The van der Waals surface area contributed by atoms with Crippen molar-refractivity contribution in [3.63, 3.8) is 0 Å². The molecule has 9 rings (SSSR count). The monoisotopic (exact) mass is 1090 g/mol. The zero-order valence-electron chi connectivity index (χ0n) is 46.6. The Balaban J connectivity index is 0.000000211. The average molecular weight is 1090 g/mol. The van der Waals surface area contributed by atoms with E-state index in [2.05, 4.69) is 10.6 Å². The molecule has 0 saturated carbocycles. The van der Waals surface area contributed by atoms with Crippen LogP contribution in [0.15, 0.2) is 121 Å². The Hall–Kier alpha value is -8.33. The van der Waals surface area contributed by atoms with Crippen LogP contribution in [0.5, 0.6) is 11.5 Å². The topological polar surface area (TPSA) is 155 Å². The molecule has 2 amide bonds. The number of nitrogens with one attached hydrogen (secondary N) is 2. The quantitative estimate of drug-likeness (QED) is 0.0794. The third kappa shape index (κ3) is 13.6. The SMILES string of the molecule is CCOC(=O)c1c(CCc2ccc(F)cc2)nc2c(c1-c1ccc(OC(C)(C)C)cc1)C(=O)NC2C(C)C.CCOC(=O)c1c(CCc2ccc(F)cc2)nc2c(c1-c1ccc(OCc3ccc(F)cc3)cc1)C(=O)NC2C(C)C. The van der Waals surface area contributed by atoms with Crippen LogP contribution < -0.4 is 20.1 Å². The van der Waals surface area contributed by atoms with Crippen LogP contribution in [-0.2, 0) is 41.8 Å². The number of hydrogen-bond acceptors (Lipinski definition) is 10. The lowest BCUT2D eigenvalue weighted by molar-refractivity contribution is 0.0515. The highest BCUT2D eigenvalue weighted by molar-refractivity contribution is 6.12. The molecule has 2 aromatic heterocycles. The highest BCUT2D eigenvalue weighted by atomic mass is 19.1. The van der Waals surface area contributed by atoms with Gasteiger partial charge in [-0.2, -0.15) is 0 Å². The second-order valence-corrected chi connectivity index (χ2v) is 21.4. The Morgan fingerprint density at radius 2 is 0.875 bits per heavy atom. The van der Waals surface area contributed by atoms with Crippen LogP contribution in [0.3, 0.4) is 0 Å². The minimum absolute atomic E-state index is 0.0659. The second-order valence-electron chi connectivity index (χ2n) is 21.4. The number of carbonyl (C=O) groups is 4. The van der Waals surface area contributed by atoms with Crippen molar-refractivity contribution in [1.82, 2.24) is 20.6 Å². The molecule has 0 aliphatic carbocycles. The molecule has 2 aliphatic rings. The third-order valence-corrected chi connectivity index (χ3v) is 13.7. The Bertz CT molecular complexity index is 3360. The summed E-state index contributed by atoms with van der Waals surface area (Å²) in [5, 5.41) is 6.10. The van der Waals surface area contributed by atoms with E-state index in [1.807, 2.05) is 72.7 Å². The number of aryl methyl sites for hydroxylation is 4. The van der Waals surface area contributed by atoms with Gasteiger partial charge in [-0.25, -0.2) is 22.8 Å². The lowest BCUT2D eigenvalue weighted by Gasteiger charge is -2.22. The number of pyridine rings is 2. The van der Waals surface area contributed by atoms with Gasteiger partial charge in [-0.1, -0.05) is 88.4 Å². The van der Waals surface area contributed by atoms with Crippen molar-refractivity contribution >= 4 is 23.8 Å². The number of fused-ring (bicyclic) bond motifs is 2. The van der Waals surface area contributed by atoms with E-state index in [9.17, 15) is 32.3 Å². The third-order valence-electron chi connectivity index (χ3n) is 13.7. The van der Waals surface area contributed by atoms with Crippen molar-refractivity contribution < 1.29 is 51.3 Å².